The molecule has 0 fully saturated rings. The molecule has 1 rings (SSSR count). The van der Waals surface area contributed by atoms with Crippen LogP contribution in [0.15, 0.2) is 12.1 Å². The molecule has 6 nitrogen and oxygen atoms in total. The maximum atomic E-state index is 12.0. The Bertz CT molecular complexity index is 434. The molecule has 0 radical (unpaired) electrons. The van der Waals surface area contributed by atoms with E-state index in [4.69, 9.17) is 18.9 Å². The molecule has 0 spiro atoms. The molecule has 1 aromatic rings. The van der Waals surface area contributed by atoms with E-state index in [9.17, 15) is 4.79 Å². The van der Waals surface area contributed by atoms with Crippen molar-refractivity contribution in [2.45, 2.75) is 0 Å². The Labute approximate surface area is 119 Å². The average Bonchev–Trinajstić information content (AvgIpc) is 2.44. The first kappa shape index (κ1) is 16.1. The highest BCUT2D eigenvalue weighted by atomic mass is 16.5. The average molecular weight is 284 g/mol. The SMILES string of the molecule is COc1cc(C(=O)OCC[NH+](C)C)cc(OC)c1OC. The Balaban J connectivity index is 2.92. The number of nitrogens with one attached hydrogen (secondary N) is 1. The van der Waals surface area contributed by atoms with Crippen LogP contribution in [0.5, 0.6) is 17.2 Å². The summed E-state index contributed by atoms with van der Waals surface area (Å²) in [6.07, 6.45) is 0. The van der Waals surface area contributed by atoms with Crippen LogP contribution in [-0.2, 0) is 4.74 Å². The van der Waals surface area contributed by atoms with Crippen molar-refractivity contribution in [1.82, 2.24) is 0 Å². The van der Waals surface area contributed by atoms with E-state index in [1.165, 1.54) is 26.2 Å². The zero-order chi connectivity index (χ0) is 15.1. The van der Waals surface area contributed by atoms with E-state index in [-0.39, 0.29) is 0 Å². The zero-order valence-corrected chi connectivity index (χ0v) is 12.6. The van der Waals surface area contributed by atoms with Crippen LogP contribution in [0.25, 0.3) is 0 Å². The lowest BCUT2D eigenvalue weighted by molar-refractivity contribution is -0.858. The van der Waals surface area contributed by atoms with E-state index in [0.29, 0.717) is 29.4 Å². The first-order valence-electron chi connectivity index (χ1n) is 6.29. The third-order valence-corrected chi connectivity index (χ3v) is 2.74. The summed E-state index contributed by atoms with van der Waals surface area (Å²) < 4.78 is 20.8. The molecule has 0 aliphatic carbocycles. The number of likely N-dealkylation sites (N-methyl/N-ethyl adjacent to an activating group) is 1. The van der Waals surface area contributed by atoms with Gasteiger partial charge >= 0.3 is 5.97 Å². The monoisotopic (exact) mass is 284 g/mol. The van der Waals surface area contributed by atoms with Crippen molar-refractivity contribution >= 4 is 5.97 Å². The van der Waals surface area contributed by atoms with Gasteiger partial charge in [0, 0.05) is 0 Å². The summed E-state index contributed by atoms with van der Waals surface area (Å²) >= 11 is 0. The third kappa shape index (κ3) is 4.03. The molecule has 112 valence electrons. The van der Waals surface area contributed by atoms with Gasteiger partial charge in [-0.05, 0) is 12.1 Å². The second-order valence-electron chi connectivity index (χ2n) is 4.51. The molecule has 0 atom stereocenters. The summed E-state index contributed by atoms with van der Waals surface area (Å²) in [5.41, 5.74) is 0.369. The quantitative estimate of drug-likeness (QED) is 0.715. The maximum Gasteiger partial charge on any atom is 0.338 e. The normalized spacial score (nSPS) is 10.3. The minimum Gasteiger partial charge on any atom is -0.493 e. The summed E-state index contributed by atoms with van der Waals surface area (Å²) in [5, 5.41) is 0. The van der Waals surface area contributed by atoms with E-state index < -0.39 is 5.97 Å². The summed E-state index contributed by atoms with van der Waals surface area (Å²) in [7, 11) is 8.50. The lowest BCUT2D eigenvalue weighted by atomic mass is 10.2. The van der Waals surface area contributed by atoms with Crippen molar-refractivity contribution < 1.29 is 28.6 Å². The molecule has 1 N–H and O–H groups in total. The molecule has 0 aromatic heterocycles. The van der Waals surface area contributed by atoms with Crippen LogP contribution in [0, 0.1) is 0 Å². The highest BCUT2D eigenvalue weighted by molar-refractivity contribution is 5.91. The predicted octanol–water partition coefficient (Wildman–Crippen LogP) is 0.0137. The summed E-state index contributed by atoms with van der Waals surface area (Å²) in [6, 6.07) is 3.15. The smallest absolute Gasteiger partial charge is 0.338 e. The van der Waals surface area contributed by atoms with Gasteiger partial charge in [0.05, 0.1) is 41.0 Å². The topological polar surface area (TPSA) is 58.4 Å². The first-order chi connectivity index (χ1) is 9.53. The molecule has 6 heteroatoms. The number of hydrogen-bond acceptors (Lipinski definition) is 5. The summed E-state index contributed by atoms with van der Waals surface area (Å²) in [4.78, 5) is 13.2. The fourth-order valence-corrected chi connectivity index (χ4v) is 1.63. The second-order valence-corrected chi connectivity index (χ2v) is 4.51. The number of hydrogen-bond donors (Lipinski definition) is 1. The van der Waals surface area contributed by atoms with E-state index >= 15 is 0 Å². The van der Waals surface area contributed by atoms with Crippen LogP contribution in [0.2, 0.25) is 0 Å². The predicted molar refractivity (Wildman–Crippen MR) is 74.1 cm³/mol. The van der Waals surface area contributed by atoms with Crippen molar-refractivity contribution in [1.29, 1.82) is 0 Å². The van der Waals surface area contributed by atoms with Gasteiger partial charge in [-0.3, -0.25) is 0 Å². The highest BCUT2D eigenvalue weighted by Crippen LogP contribution is 2.38. The van der Waals surface area contributed by atoms with Crippen molar-refractivity contribution in [2.24, 2.45) is 0 Å². The minimum atomic E-state index is -0.412. The van der Waals surface area contributed by atoms with Crippen molar-refractivity contribution in [2.75, 3.05) is 48.6 Å². The van der Waals surface area contributed by atoms with Gasteiger partial charge in [-0.2, -0.15) is 0 Å². The van der Waals surface area contributed by atoms with Gasteiger partial charge in [-0.25, -0.2) is 4.79 Å². The summed E-state index contributed by atoms with van der Waals surface area (Å²) in [5.74, 6) is 0.892. The zero-order valence-electron chi connectivity index (χ0n) is 12.6. The molecule has 0 heterocycles. The van der Waals surface area contributed by atoms with Crippen LogP contribution in [0.3, 0.4) is 0 Å². The summed E-state index contributed by atoms with van der Waals surface area (Å²) in [6.45, 7) is 1.11. The second kappa shape index (κ2) is 7.59. The van der Waals surface area contributed by atoms with Gasteiger partial charge < -0.3 is 23.8 Å². The molecule has 0 aliphatic heterocycles. The maximum absolute atomic E-state index is 12.0. The Kier molecular flexibility index (Phi) is 6.11. The van der Waals surface area contributed by atoms with Crippen LogP contribution in [0.1, 0.15) is 10.4 Å². The largest absolute Gasteiger partial charge is 0.493 e. The Morgan fingerprint density at radius 3 is 2.00 bits per heavy atom. The van der Waals surface area contributed by atoms with E-state index in [1.54, 1.807) is 12.1 Å². The van der Waals surface area contributed by atoms with Crippen LogP contribution in [-0.4, -0.2) is 54.5 Å². The third-order valence-electron chi connectivity index (χ3n) is 2.74. The van der Waals surface area contributed by atoms with Gasteiger partial charge in [0.25, 0.3) is 0 Å². The van der Waals surface area contributed by atoms with Crippen molar-refractivity contribution in [3.8, 4) is 17.2 Å². The number of carbonyl (C=O) groups is 1. The number of benzene rings is 1. The molecule has 20 heavy (non-hydrogen) atoms. The van der Waals surface area contributed by atoms with Crippen molar-refractivity contribution in [3.63, 3.8) is 0 Å². The molecule has 1 aromatic carbocycles. The number of carbonyl (C=O) groups excluding carboxylic acids is 1. The molecular weight excluding hydrogens is 262 g/mol. The van der Waals surface area contributed by atoms with E-state index in [2.05, 4.69) is 0 Å². The van der Waals surface area contributed by atoms with Gasteiger partial charge in [-0.1, -0.05) is 0 Å². The fourth-order valence-electron chi connectivity index (χ4n) is 1.63. The van der Waals surface area contributed by atoms with Crippen molar-refractivity contribution in [3.05, 3.63) is 17.7 Å². The fraction of sp³-hybridized carbons (Fsp3) is 0.500. The number of ether oxygens (including phenoxy) is 4. The molecule has 0 aliphatic rings. The van der Waals surface area contributed by atoms with Gasteiger partial charge in [0.1, 0.15) is 13.2 Å². The molecule has 0 bridgehead atoms. The lowest BCUT2D eigenvalue weighted by Crippen LogP contribution is -3.06. The van der Waals surface area contributed by atoms with Gasteiger partial charge in [0.15, 0.2) is 11.5 Å². The Morgan fingerprint density at radius 1 is 1.05 bits per heavy atom. The van der Waals surface area contributed by atoms with Gasteiger partial charge in [0.2, 0.25) is 5.75 Å². The molecular formula is C14H22NO5+. The molecule has 0 unspecified atom stereocenters. The minimum absolute atomic E-state index is 0.359. The van der Waals surface area contributed by atoms with Crippen LogP contribution < -0.4 is 19.1 Å². The molecule has 0 amide bonds. The number of rotatable bonds is 7. The molecule has 0 saturated carbocycles. The standard InChI is InChI=1S/C14H21NO5/c1-15(2)6-7-20-14(16)10-8-11(17-3)13(19-5)12(9-10)18-4/h8-9H,6-7H2,1-5H3/p+1. The number of quaternary nitrogens is 1. The lowest BCUT2D eigenvalue weighted by Gasteiger charge is -2.14. The van der Waals surface area contributed by atoms with E-state index in [0.717, 1.165) is 6.54 Å². The number of esters is 1. The van der Waals surface area contributed by atoms with Crippen LogP contribution in [0.4, 0.5) is 0 Å². The molecule has 0 saturated heterocycles. The highest BCUT2D eigenvalue weighted by Gasteiger charge is 2.17. The van der Waals surface area contributed by atoms with E-state index in [1.807, 2.05) is 14.1 Å². The Hall–Kier alpha value is -1.95. The van der Waals surface area contributed by atoms with Crippen LogP contribution >= 0.6 is 0 Å². The number of methoxy groups -OCH3 is 3. The van der Waals surface area contributed by atoms with Gasteiger partial charge in [-0.15, -0.1) is 0 Å². The Morgan fingerprint density at radius 2 is 1.60 bits per heavy atom. The first-order valence-corrected chi connectivity index (χ1v) is 6.29.